The first-order chi connectivity index (χ1) is 13.8. The first-order valence-electron chi connectivity index (χ1n) is 12.6. The van der Waals surface area contributed by atoms with Gasteiger partial charge in [0.1, 0.15) is 5.83 Å². The maximum atomic E-state index is 15.5. The molecule has 4 aliphatic rings. The van der Waals surface area contributed by atoms with E-state index in [9.17, 15) is 10.2 Å². The summed E-state index contributed by atoms with van der Waals surface area (Å²) < 4.78 is 15.5. The van der Waals surface area contributed by atoms with Crippen LogP contribution in [0.15, 0.2) is 11.4 Å². The van der Waals surface area contributed by atoms with E-state index in [1.54, 1.807) is 0 Å². The van der Waals surface area contributed by atoms with Crippen LogP contribution in [-0.4, -0.2) is 21.4 Å². The van der Waals surface area contributed by atoms with Crippen molar-refractivity contribution in [2.75, 3.05) is 0 Å². The predicted octanol–water partition coefficient (Wildman–Crippen LogP) is 6.80. The number of hydrogen-bond donors (Lipinski definition) is 2. The molecule has 3 saturated carbocycles. The molecule has 0 radical (unpaired) electrons. The lowest BCUT2D eigenvalue weighted by Gasteiger charge is -2.59. The molecule has 3 fully saturated rings. The van der Waals surface area contributed by atoms with Gasteiger partial charge in [0, 0.05) is 12.8 Å². The second-order valence-corrected chi connectivity index (χ2v) is 13.1. The zero-order valence-corrected chi connectivity index (χ0v) is 20.2. The molecule has 0 saturated heterocycles. The lowest BCUT2D eigenvalue weighted by Crippen LogP contribution is -2.52. The van der Waals surface area contributed by atoms with Gasteiger partial charge in [0.05, 0.1) is 11.2 Å². The molecule has 0 aromatic heterocycles. The number of halogens is 1. The quantitative estimate of drug-likeness (QED) is 0.525. The summed E-state index contributed by atoms with van der Waals surface area (Å²) >= 11 is 0. The van der Waals surface area contributed by atoms with Crippen LogP contribution in [0.5, 0.6) is 0 Å². The van der Waals surface area contributed by atoms with Gasteiger partial charge in [-0.25, -0.2) is 4.39 Å². The lowest BCUT2D eigenvalue weighted by molar-refractivity contribution is -0.0770. The van der Waals surface area contributed by atoms with E-state index in [4.69, 9.17) is 0 Å². The first-order valence-corrected chi connectivity index (χ1v) is 12.6. The van der Waals surface area contributed by atoms with Gasteiger partial charge in [-0.1, -0.05) is 20.8 Å². The number of rotatable bonds is 4. The molecule has 30 heavy (non-hydrogen) atoms. The van der Waals surface area contributed by atoms with E-state index >= 15 is 4.39 Å². The van der Waals surface area contributed by atoms with Crippen molar-refractivity contribution in [2.45, 2.75) is 117 Å². The number of fused-ring (bicyclic) bond motifs is 5. The van der Waals surface area contributed by atoms with E-state index in [2.05, 4.69) is 20.8 Å². The topological polar surface area (TPSA) is 40.5 Å². The van der Waals surface area contributed by atoms with Crippen LogP contribution in [0.2, 0.25) is 0 Å². The second-order valence-electron chi connectivity index (χ2n) is 13.1. The van der Waals surface area contributed by atoms with Crippen LogP contribution in [0.25, 0.3) is 0 Å². The molecular weight excluding hydrogens is 375 g/mol. The fourth-order valence-corrected chi connectivity index (χ4v) is 8.62. The summed E-state index contributed by atoms with van der Waals surface area (Å²) in [6, 6.07) is 0. The Balaban J connectivity index is 1.57. The average Bonchev–Trinajstić information content (AvgIpc) is 2.98. The van der Waals surface area contributed by atoms with E-state index in [-0.39, 0.29) is 11.2 Å². The molecule has 172 valence electrons. The van der Waals surface area contributed by atoms with Crippen LogP contribution in [0.3, 0.4) is 0 Å². The van der Waals surface area contributed by atoms with Gasteiger partial charge in [-0.15, -0.1) is 0 Å². The third-order valence-corrected chi connectivity index (χ3v) is 10.4. The third kappa shape index (κ3) is 3.70. The highest BCUT2D eigenvalue weighted by atomic mass is 19.1. The van der Waals surface area contributed by atoms with Crippen molar-refractivity contribution >= 4 is 0 Å². The molecule has 8 atom stereocenters. The Morgan fingerprint density at radius 2 is 1.77 bits per heavy atom. The molecule has 0 spiro atoms. The second kappa shape index (κ2) is 7.30. The highest BCUT2D eigenvalue weighted by molar-refractivity contribution is 5.29. The number of hydrogen-bond acceptors (Lipinski definition) is 2. The Bertz CT molecular complexity index is 704. The van der Waals surface area contributed by atoms with Crippen molar-refractivity contribution in [3.05, 3.63) is 11.4 Å². The van der Waals surface area contributed by atoms with Crippen molar-refractivity contribution in [3.63, 3.8) is 0 Å². The molecule has 0 heterocycles. The van der Waals surface area contributed by atoms with E-state index in [1.807, 2.05) is 20.8 Å². The minimum Gasteiger partial charge on any atom is -0.390 e. The SMILES string of the molecule is C[C@H](CCC(C)(C)O)C1CC[C@H]2[C@@H]3CC(F)=C4C[C@@](C)(O)CC[C@]4(C)[C@H]3CC[C@]12C. The van der Waals surface area contributed by atoms with Gasteiger partial charge < -0.3 is 10.2 Å². The normalized spacial score (nSPS) is 47.5. The van der Waals surface area contributed by atoms with Gasteiger partial charge in [-0.2, -0.15) is 0 Å². The summed E-state index contributed by atoms with van der Waals surface area (Å²) in [5, 5.41) is 20.8. The molecule has 0 bridgehead atoms. The molecule has 4 aliphatic carbocycles. The van der Waals surface area contributed by atoms with Crippen LogP contribution in [0.1, 0.15) is 106 Å². The molecule has 4 rings (SSSR count). The maximum absolute atomic E-state index is 15.5. The monoisotopic (exact) mass is 420 g/mol. The van der Waals surface area contributed by atoms with Crippen molar-refractivity contribution in [1.82, 2.24) is 0 Å². The highest BCUT2D eigenvalue weighted by Crippen LogP contribution is 2.68. The standard InChI is InChI=1S/C27H45FO2/c1-17(9-11-24(2,3)29)19-7-8-20-18-15-23(28)22-16-25(4,30)13-14-27(22,6)21(18)10-12-26(19,20)5/h17-21,29-30H,7-16H2,1-6H3/t17-,18+,19?,20+,21+,25+,26-,27-/m1/s1. The van der Waals surface area contributed by atoms with E-state index in [0.29, 0.717) is 47.8 Å². The smallest absolute Gasteiger partial charge is 0.100 e. The summed E-state index contributed by atoms with van der Waals surface area (Å²) in [7, 11) is 0. The van der Waals surface area contributed by atoms with Crippen molar-refractivity contribution in [1.29, 1.82) is 0 Å². The van der Waals surface area contributed by atoms with Crippen molar-refractivity contribution < 1.29 is 14.6 Å². The molecule has 3 heteroatoms. The maximum Gasteiger partial charge on any atom is 0.100 e. The summed E-state index contributed by atoms with van der Waals surface area (Å²) in [5.41, 5.74) is -0.113. The van der Waals surface area contributed by atoms with Gasteiger partial charge in [0.25, 0.3) is 0 Å². The zero-order chi connectivity index (χ0) is 22.1. The van der Waals surface area contributed by atoms with Gasteiger partial charge in [-0.05, 0) is 118 Å². The Morgan fingerprint density at radius 3 is 2.43 bits per heavy atom. The third-order valence-electron chi connectivity index (χ3n) is 10.4. The Morgan fingerprint density at radius 1 is 1.07 bits per heavy atom. The van der Waals surface area contributed by atoms with Crippen molar-refractivity contribution in [2.24, 2.45) is 40.4 Å². The molecular formula is C27H45FO2. The molecule has 1 unspecified atom stereocenters. The van der Waals surface area contributed by atoms with Gasteiger partial charge >= 0.3 is 0 Å². The van der Waals surface area contributed by atoms with Gasteiger partial charge in [-0.3, -0.25) is 0 Å². The van der Waals surface area contributed by atoms with Crippen molar-refractivity contribution in [3.8, 4) is 0 Å². The minimum absolute atomic E-state index is 0.0544. The largest absolute Gasteiger partial charge is 0.390 e. The minimum atomic E-state index is -0.740. The molecule has 2 nitrogen and oxygen atoms in total. The van der Waals surface area contributed by atoms with Crippen LogP contribution >= 0.6 is 0 Å². The lowest BCUT2D eigenvalue weighted by atomic mass is 9.46. The summed E-state index contributed by atoms with van der Waals surface area (Å²) in [4.78, 5) is 0. The molecule has 0 amide bonds. The summed E-state index contributed by atoms with van der Waals surface area (Å²) in [6.07, 6.45) is 9.77. The summed E-state index contributed by atoms with van der Waals surface area (Å²) in [5.74, 6) is 3.08. The van der Waals surface area contributed by atoms with Crippen LogP contribution in [0.4, 0.5) is 4.39 Å². The Kier molecular flexibility index (Phi) is 5.54. The first kappa shape index (κ1) is 22.8. The number of aliphatic hydroxyl groups is 2. The fraction of sp³-hybridized carbons (Fsp3) is 0.926. The van der Waals surface area contributed by atoms with Gasteiger partial charge in [0.15, 0.2) is 0 Å². The number of allylic oxidation sites excluding steroid dienone is 1. The molecule has 0 aromatic rings. The fourth-order valence-electron chi connectivity index (χ4n) is 8.62. The van der Waals surface area contributed by atoms with E-state index in [1.165, 1.54) is 25.7 Å². The average molecular weight is 421 g/mol. The molecule has 2 N–H and O–H groups in total. The van der Waals surface area contributed by atoms with E-state index in [0.717, 1.165) is 31.3 Å². The van der Waals surface area contributed by atoms with E-state index < -0.39 is 11.2 Å². The summed E-state index contributed by atoms with van der Waals surface area (Å²) in [6.45, 7) is 12.9. The zero-order valence-electron chi connectivity index (χ0n) is 20.2. The predicted molar refractivity (Wildman–Crippen MR) is 121 cm³/mol. The van der Waals surface area contributed by atoms with Gasteiger partial charge in [0.2, 0.25) is 0 Å². The van der Waals surface area contributed by atoms with Crippen LogP contribution in [0, 0.1) is 40.4 Å². The van der Waals surface area contributed by atoms with Crippen LogP contribution < -0.4 is 0 Å². The Labute approximate surface area is 183 Å². The Hall–Kier alpha value is -0.410. The van der Waals surface area contributed by atoms with Crippen LogP contribution in [-0.2, 0) is 0 Å². The molecule has 0 aliphatic heterocycles. The molecule has 0 aromatic carbocycles. The highest BCUT2D eigenvalue weighted by Gasteiger charge is 2.61.